The van der Waals surface area contributed by atoms with Crippen molar-refractivity contribution in [2.24, 2.45) is 10.9 Å². The van der Waals surface area contributed by atoms with Crippen molar-refractivity contribution >= 4 is 41.3 Å². The van der Waals surface area contributed by atoms with Gasteiger partial charge in [0.1, 0.15) is 5.01 Å². The molecule has 2 heterocycles. The van der Waals surface area contributed by atoms with E-state index in [4.69, 9.17) is 0 Å². The van der Waals surface area contributed by atoms with Crippen LogP contribution in [0.3, 0.4) is 0 Å². The number of halogens is 1. The highest BCUT2D eigenvalue weighted by Crippen LogP contribution is 2.18. The van der Waals surface area contributed by atoms with E-state index < -0.39 is 0 Å². The van der Waals surface area contributed by atoms with E-state index in [1.54, 1.807) is 11.3 Å². The molecule has 7 heteroatoms. The number of nitrogens with one attached hydrogen (secondary N) is 2. The lowest BCUT2D eigenvalue weighted by Gasteiger charge is -2.30. The minimum Gasteiger partial charge on any atom is -0.352 e. The second kappa shape index (κ2) is 11.9. The number of aromatic nitrogens is 1. The molecule has 0 radical (unpaired) electrons. The smallest absolute Gasteiger partial charge is 0.191 e. The Morgan fingerprint density at radius 2 is 1.86 bits per heavy atom. The molecule has 1 aromatic carbocycles. The van der Waals surface area contributed by atoms with Crippen molar-refractivity contribution in [2.45, 2.75) is 53.2 Å². The van der Waals surface area contributed by atoms with Gasteiger partial charge in [-0.2, -0.15) is 0 Å². The molecule has 5 nitrogen and oxygen atoms in total. The van der Waals surface area contributed by atoms with Crippen LogP contribution in [-0.2, 0) is 19.6 Å². The highest BCUT2D eigenvalue weighted by atomic mass is 127. The Bertz CT molecular complexity index is 777. The van der Waals surface area contributed by atoms with Crippen molar-refractivity contribution in [2.75, 3.05) is 20.1 Å². The molecule has 1 aromatic heterocycles. The first-order valence-corrected chi connectivity index (χ1v) is 11.0. The zero-order chi connectivity index (χ0) is 19.9. The number of rotatable bonds is 6. The van der Waals surface area contributed by atoms with Gasteiger partial charge in [-0.05, 0) is 56.8 Å². The van der Waals surface area contributed by atoms with E-state index in [0.717, 1.165) is 35.7 Å². The Hall–Kier alpha value is -1.19. The number of likely N-dealkylation sites (tertiary alicyclic amines) is 1. The number of nitrogens with zero attached hydrogens (tertiary/aromatic N) is 3. The lowest BCUT2D eigenvalue weighted by atomic mass is 9.98. The van der Waals surface area contributed by atoms with E-state index in [0.29, 0.717) is 6.54 Å². The second-order valence-electron chi connectivity index (χ2n) is 7.81. The molecule has 1 aliphatic heterocycles. The standard InChI is InChI=1S/C22H33N5S.HI/c1-16-8-10-27(11-9-16)15-20-7-5-6-19(12-20)13-24-22(23-4)25-14-21-26-17(2)18(3)28-21;/h5-7,12,16H,8-11,13-15H2,1-4H3,(H2,23,24,25);1H. The number of hydrogen-bond donors (Lipinski definition) is 2. The Kier molecular flexibility index (Phi) is 9.85. The summed E-state index contributed by atoms with van der Waals surface area (Å²) in [4.78, 5) is 12.8. The third-order valence-corrected chi connectivity index (χ3v) is 6.51. The lowest BCUT2D eigenvalue weighted by Crippen LogP contribution is -2.36. The van der Waals surface area contributed by atoms with Gasteiger partial charge < -0.3 is 10.6 Å². The average molecular weight is 528 g/mol. The Morgan fingerprint density at radius 3 is 2.52 bits per heavy atom. The predicted octanol–water partition coefficient (Wildman–Crippen LogP) is 4.48. The highest BCUT2D eigenvalue weighted by Gasteiger charge is 2.15. The fourth-order valence-corrected chi connectivity index (χ4v) is 4.37. The second-order valence-corrected chi connectivity index (χ2v) is 9.09. The minimum atomic E-state index is 0. The van der Waals surface area contributed by atoms with Crippen LogP contribution in [0.4, 0.5) is 0 Å². The fraction of sp³-hybridized carbons (Fsp3) is 0.545. The maximum absolute atomic E-state index is 4.58. The summed E-state index contributed by atoms with van der Waals surface area (Å²) < 4.78 is 0. The van der Waals surface area contributed by atoms with Gasteiger partial charge in [0.15, 0.2) is 5.96 Å². The number of guanidine groups is 1. The number of benzene rings is 1. The first kappa shape index (κ1) is 24.1. The van der Waals surface area contributed by atoms with E-state index in [1.165, 1.54) is 41.9 Å². The fourth-order valence-electron chi connectivity index (χ4n) is 3.50. The number of aryl methyl sites for hydroxylation is 2. The van der Waals surface area contributed by atoms with Crippen LogP contribution in [0.25, 0.3) is 0 Å². The number of aliphatic imine (C=N–C) groups is 1. The highest BCUT2D eigenvalue weighted by molar-refractivity contribution is 14.0. The van der Waals surface area contributed by atoms with Crippen molar-refractivity contribution in [3.8, 4) is 0 Å². The third kappa shape index (κ3) is 7.53. The summed E-state index contributed by atoms with van der Waals surface area (Å²) in [7, 11) is 1.81. The van der Waals surface area contributed by atoms with Crippen LogP contribution < -0.4 is 10.6 Å². The molecular formula is C22H34IN5S. The van der Waals surface area contributed by atoms with Gasteiger partial charge in [-0.15, -0.1) is 35.3 Å². The SMILES string of the molecule is CN=C(NCc1cccc(CN2CCC(C)CC2)c1)NCc1nc(C)c(C)s1.I. The van der Waals surface area contributed by atoms with Gasteiger partial charge in [-0.25, -0.2) is 4.98 Å². The Morgan fingerprint density at radius 1 is 1.17 bits per heavy atom. The lowest BCUT2D eigenvalue weighted by molar-refractivity contribution is 0.185. The molecule has 29 heavy (non-hydrogen) atoms. The van der Waals surface area contributed by atoms with Crippen molar-refractivity contribution in [3.63, 3.8) is 0 Å². The largest absolute Gasteiger partial charge is 0.352 e. The predicted molar refractivity (Wildman–Crippen MR) is 134 cm³/mol. The van der Waals surface area contributed by atoms with Crippen LogP contribution in [0.2, 0.25) is 0 Å². The summed E-state index contributed by atoms with van der Waals surface area (Å²) in [6, 6.07) is 8.89. The molecule has 0 aliphatic carbocycles. The molecule has 1 saturated heterocycles. The van der Waals surface area contributed by atoms with Gasteiger partial charge in [-0.1, -0.05) is 31.2 Å². The molecule has 1 aliphatic rings. The van der Waals surface area contributed by atoms with Crippen molar-refractivity contribution in [3.05, 3.63) is 51.0 Å². The zero-order valence-corrected chi connectivity index (χ0v) is 21.1. The summed E-state index contributed by atoms with van der Waals surface area (Å²) in [5.74, 6) is 1.68. The van der Waals surface area contributed by atoms with Crippen molar-refractivity contribution in [1.29, 1.82) is 0 Å². The molecule has 0 unspecified atom stereocenters. The summed E-state index contributed by atoms with van der Waals surface area (Å²) in [6.45, 7) is 11.5. The van der Waals surface area contributed by atoms with Crippen LogP contribution in [-0.4, -0.2) is 36.0 Å². The molecule has 0 bridgehead atoms. The van der Waals surface area contributed by atoms with Gasteiger partial charge in [0, 0.05) is 25.0 Å². The zero-order valence-electron chi connectivity index (χ0n) is 18.0. The molecule has 3 rings (SSSR count). The van der Waals surface area contributed by atoms with E-state index in [2.05, 4.69) is 70.5 Å². The van der Waals surface area contributed by atoms with Crippen LogP contribution in [0, 0.1) is 19.8 Å². The van der Waals surface area contributed by atoms with Crippen LogP contribution in [0.5, 0.6) is 0 Å². The average Bonchev–Trinajstić information content (AvgIpc) is 3.02. The molecule has 0 amide bonds. The van der Waals surface area contributed by atoms with E-state index in [9.17, 15) is 0 Å². The molecule has 0 atom stereocenters. The summed E-state index contributed by atoms with van der Waals surface area (Å²) in [5.41, 5.74) is 3.79. The quantitative estimate of drug-likeness (QED) is 0.331. The first-order chi connectivity index (χ1) is 13.5. The van der Waals surface area contributed by atoms with Crippen molar-refractivity contribution < 1.29 is 0 Å². The summed E-state index contributed by atoms with van der Waals surface area (Å²) in [6.07, 6.45) is 2.64. The van der Waals surface area contributed by atoms with Crippen molar-refractivity contribution in [1.82, 2.24) is 20.5 Å². The topological polar surface area (TPSA) is 52.6 Å². The van der Waals surface area contributed by atoms with Gasteiger partial charge in [-0.3, -0.25) is 9.89 Å². The Balaban J connectivity index is 0.00000300. The van der Waals surface area contributed by atoms with E-state index >= 15 is 0 Å². The number of hydrogen-bond acceptors (Lipinski definition) is 4. The van der Waals surface area contributed by atoms with Gasteiger partial charge >= 0.3 is 0 Å². The first-order valence-electron chi connectivity index (χ1n) is 10.2. The van der Waals surface area contributed by atoms with Gasteiger partial charge in [0.05, 0.1) is 12.2 Å². The van der Waals surface area contributed by atoms with Crippen LogP contribution >= 0.6 is 35.3 Å². The molecule has 0 saturated carbocycles. The monoisotopic (exact) mass is 527 g/mol. The van der Waals surface area contributed by atoms with Crippen LogP contribution in [0.1, 0.15) is 46.5 Å². The molecule has 2 aromatic rings. The minimum absolute atomic E-state index is 0. The molecule has 1 fully saturated rings. The Labute approximate surface area is 196 Å². The van der Waals surface area contributed by atoms with Crippen LogP contribution in [0.15, 0.2) is 29.3 Å². The molecule has 0 spiro atoms. The number of thiazole rings is 1. The van der Waals surface area contributed by atoms with E-state index in [-0.39, 0.29) is 24.0 Å². The maximum Gasteiger partial charge on any atom is 0.191 e. The van der Waals surface area contributed by atoms with E-state index in [1.807, 2.05) is 7.05 Å². The summed E-state index contributed by atoms with van der Waals surface area (Å²) >= 11 is 1.74. The maximum atomic E-state index is 4.58. The number of piperidine rings is 1. The normalized spacial score (nSPS) is 15.8. The summed E-state index contributed by atoms with van der Waals surface area (Å²) in [5, 5.41) is 7.87. The van der Waals surface area contributed by atoms with Gasteiger partial charge in [0.25, 0.3) is 0 Å². The third-order valence-electron chi connectivity index (χ3n) is 5.44. The molecule has 2 N–H and O–H groups in total. The van der Waals surface area contributed by atoms with Gasteiger partial charge in [0.2, 0.25) is 0 Å². The molecular weight excluding hydrogens is 493 g/mol. The molecule has 160 valence electrons.